The Hall–Kier alpha value is 1.53. The molecule has 0 amide bonds. The Kier molecular flexibility index (Phi) is 25.4. The van der Waals surface area contributed by atoms with Gasteiger partial charge in [-0.25, -0.2) is 0 Å². The summed E-state index contributed by atoms with van der Waals surface area (Å²) >= 11 is 0. The van der Waals surface area contributed by atoms with Gasteiger partial charge in [0.15, 0.2) is 0 Å². The third-order valence-electron chi connectivity index (χ3n) is 0. The zero-order valence-electron chi connectivity index (χ0n) is 2.43. The molecular weight excluding hydrogens is 123 g/mol. The first-order valence-corrected chi connectivity index (χ1v) is 0.612. The van der Waals surface area contributed by atoms with Crippen LogP contribution in [0.3, 0.4) is 0 Å². The Morgan fingerprint density at radius 1 is 1.33 bits per heavy atom. The van der Waals surface area contributed by atoms with E-state index < -0.39 is 6.16 Å². The van der Waals surface area contributed by atoms with Crippen LogP contribution in [0.5, 0.6) is 0 Å². The fraction of sp³-hybridized carbons (Fsp3) is 0. The van der Waals surface area contributed by atoms with E-state index in [0.717, 1.165) is 0 Å². The molecule has 0 rings (SSSR count). The molecule has 0 aliphatic rings. The van der Waals surface area contributed by atoms with Crippen LogP contribution in [0, 0.1) is 0 Å². The topological polar surface area (TPSA) is 63.2 Å². The summed E-state index contributed by atoms with van der Waals surface area (Å²) < 4.78 is 0. The van der Waals surface area contributed by atoms with E-state index in [4.69, 9.17) is 15.0 Å². The summed E-state index contributed by atoms with van der Waals surface area (Å²) in [4.78, 5) is 8.33. The van der Waals surface area contributed by atoms with Crippen molar-refractivity contribution in [2.45, 2.75) is 0 Å². The van der Waals surface area contributed by atoms with Gasteiger partial charge in [0.25, 0.3) is 0 Å². The fourth-order valence-corrected chi connectivity index (χ4v) is 0. The molecule has 0 aliphatic heterocycles. The second kappa shape index (κ2) is 9.73. The third kappa shape index (κ3) is 48.5. The number of carbonyl (C=O) groups is 1. The molecule has 0 aromatic rings. The minimum absolute atomic E-state index is 0. The number of carbonyl (C=O) groups excluding carboxylic acids is 1. The number of hydrogen-bond donors (Lipinski definition) is 0. The van der Waals surface area contributed by atoms with E-state index in [1.54, 1.807) is 0 Å². The standard InChI is InChI=1S/CH2O3.Ca.Na.H/c2-1(3)4;;;/h(H2,2,3,4);;;/q;+2;;/p-2. The number of carboxylic acid groups (broad SMARTS) is 2. The van der Waals surface area contributed by atoms with E-state index >= 15 is 0 Å². The summed E-state index contributed by atoms with van der Waals surface area (Å²) in [6, 6.07) is 0. The van der Waals surface area contributed by atoms with E-state index in [-0.39, 0.29) is 67.3 Å². The molecule has 0 spiro atoms. The maximum absolute atomic E-state index is 8.33. The van der Waals surface area contributed by atoms with Crippen LogP contribution in [0.4, 0.5) is 4.79 Å². The van der Waals surface area contributed by atoms with Crippen LogP contribution in [0.15, 0.2) is 0 Å². The molecule has 0 atom stereocenters. The van der Waals surface area contributed by atoms with Crippen molar-refractivity contribution in [1.82, 2.24) is 0 Å². The van der Waals surface area contributed by atoms with Gasteiger partial charge in [-0.2, -0.15) is 0 Å². The van der Waals surface area contributed by atoms with Gasteiger partial charge in [-0.05, 0) is 6.16 Å². The first-order valence-electron chi connectivity index (χ1n) is 0.612. The molecule has 0 aromatic carbocycles. The molecule has 0 saturated carbocycles. The second-order valence-electron chi connectivity index (χ2n) is 0.250. The van der Waals surface area contributed by atoms with Crippen LogP contribution in [0.25, 0.3) is 0 Å². The number of hydrogen-bond acceptors (Lipinski definition) is 3. The molecule has 0 bridgehead atoms. The van der Waals surface area contributed by atoms with Crippen molar-refractivity contribution in [1.29, 1.82) is 0 Å². The first-order chi connectivity index (χ1) is 1.73. The Bertz CT molecular complexity index is 33.8. The molecule has 0 N–H and O–H groups in total. The van der Waals surface area contributed by atoms with Gasteiger partial charge in [0.1, 0.15) is 0 Å². The van der Waals surface area contributed by atoms with Crippen LogP contribution in [-0.4, -0.2) is 73.5 Å². The molecular formula is CHCaNaO3. The molecule has 0 saturated heterocycles. The van der Waals surface area contributed by atoms with Gasteiger partial charge in [-0.3, -0.25) is 0 Å². The van der Waals surface area contributed by atoms with Crippen LogP contribution >= 0.6 is 0 Å². The van der Waals surface area contributed by atoms with E-state index in [0.29, 0.717) is 0 Å². The van der Waals surface area contributed by atoms with Crippen molar-refractivity contribution in [2.75, 3.05) is 0 Å². The van der Waals surface area contributed by atoms with Gasteiger partial charge in [0, 0.05) is 0 Å². The monoisotopic (exact) mass is 124 g/mol. The summed E-state index contributed by atoms with van der Waals surface area (Å²) in [5, 5.41) is 16.7. The van der Waals surface area contributed by atoms with E-state index in [2.05, 4.69) is 0 Å². The van der Waals surface area contributed by atoms with Crippen molar-refractivity contribution >= 4 is 73.5 Å². The summed E-state index contributed by atoms with van der Waals surface area (Å²) in [6.07, 6.45) is -2.33. The van der Waals surface area contributed by atoms with E-state index in [1.165, 1.54) is 0 Å². The van der Waals surface area contributed by atoms with E-state index in [9.17, 15) is 0 Å². The summed E-state index contributed by atoms with van der Waals surface area (Å²) in [7, 11) is 0. The molecule has 0 unspecified atom stereocenters. The van der Waals surface area contributed by atoms with Crippen LogP contribution in [0.2, 0.25) is 0 Å². The molecule has 0 aromatic heterocycles. The predicted molar refractivity (Wildman–Crippen MR) is 18.3 cm³/mol. The van der Waals surface area contributed by atoms with Gasteiger partial charge in [-0.1, -0.05) is 0 Å². The number of rotatable bonds is 0. The quantitative estimate of drug-likeness (QED) is 0.315. The molecule has 0 radical (unpaired) electrons. The van der Waals surface area contributed by atoms with Gasteiger partial charge in [0.05, 0.1) is 0 Å². The SMILES string of the molecule is O=C([O-])[O-].[Ca+2].[NaH]. The normalized spacial score (nSPS) is 4.00. The summed E-state index contributed by atoms with van der Waals surface area (Å²) in [6.45, 7) is 0. The maximum atomic E-state index is 8.33. The average molecular weight is 124 g/mol. The molecule has 0 heterocycles. The van der Waals surface area contributed by atoms with Crippen LogP contribution in [-0.2, 0) is 0 Å². The molecule has 0 fully saturated rings. The third-order valence-corrected chi connectivity index (χ3v) is 0. The van der Waals surface area contributed by atoms with Crippen molar-refractivity contribution in [3.05, 3.63) is 0 Å². The van der Waals surface area contributed by atoms with Crippen LogP contribution in [0.1, 0.15) is 0 Å². The summed E-state index contributed by atoms with van der Waals surface area (Å²) in [5.41, 5.74) is 0. The average Bonchev–Trinajstić information content (AvgIpc) is 0.811. The van der Waals surface area contributed by atoms with Crippen LogP contribution < -0.4 is 10.2 Å². The van der Waals surface area contributed by atoms with Gasteiger partial charge < -0.3 is 15.0 Å². The minimum atomic E-state index is -2.33. The predicted octanol–water partition coefficient (Wildman–Crippen LogP) is -3.48. The van der Waals surface area contributed by atoms with Crippen molar-refractivity contribution in [2.24, 2.45) is 0 Å². The zero-order chi connectivity index (χ0) is 3.58. The Balaban J connectivity index is -0.0000000450. The zero-order valence-corrected chi connectivity index (χ0v) is 4.64. The second-order valence-corrected chi connectivity index (χ2v) is 0.250. The first kappa shape index (κ1) is 15.6. The molecule has 5 heteroatoms. The van der Waals surface area contributed by atoms with Crippen molar-refractivity contribution < 1.29 is 15.0 Å². The molecule has 3 nitrogen and oxygen atoms in total. The van der Waals surface area contributed by atoms with Crippen molar-refractivity contribution in [3.63, 3.8) is 0 Å². The van der Waals surface area contributed by atoms with Crippen molar-refractivity contribution in [3.8, 4) is 0 Å². The van der Waals surface area contributed by atoms with Gasteiger partial charge in [-0.15, -0.1) is 0 Å². The molecule has 0 aliphatic carbocycles. The molecule has 26 valence electrons. The Labute approximate surface area is 87.0 Å². The summed E-state index contributed by atoms with van der Waals surface area (Å²) in [5.74, 6) is 0. The fourth-order valence-electron chi connectivity index (χ4n) is 0. The van der Waals surface area contributed by atoms with E-state index in [1.807, 2.05) is 0 Å². The van der Waals surface area contributed by atoms with Gasteiger partial charge >= 0.3 is 67.3 Å². The molecule has 6 heavy (non-hydrogen) atoms. The Morgan fingerprint density at radius 3 is 1.33 bits per heavy atom. The Morgan fingerprint density at radius 2 is 1.33 bits per heavy atom. The van der Waals surface area contributed by atoms with Gasteiger partial charge in [0.2, 0.25) is 0 Å².